The molecule has 1 aromatic heterocycles. The SMILES string of the molecule is COc1ccc(C(C)(C)C(=O)NCc2n[nH]c(=S)n2C2CC2)cc1. The highest BCUT2D eigenvalue weighted by Crippen LogP contribution is 2.35. The van der Waals surface area contributed by atoms with Crippen LogP contribution in [-0.2, 0) is 16.8 Å². The number of rotatable bonds is 6. The van der Waals surface area contributed by atoms with E-state index in [1.807, 2.05) is 42.7 Å². The van der Waals surface area contributed by atoms with E-state index in [0.29, 0.717) is 17.4 Å². The molecule has 1 fully saturated rings. The standard InChI is InChI=1S/C17H22N4O2S/c1-17(2,11-4-8-13(23-3)9-5-11)15(22)18-10-14-19-20-16(24)21(14)12-6-7-12/h4-5,8-9,12H,6-7,10H2,1-3H3,(H,18,22)(H,20,24). The van der Waals surface area contributed by atoms with Crippen molar-refractivity contribution in [2.45, 2.75) is 44.7 Å². The minimum absolute atomic E-state index is 0.0519. The van der Waals surface area contributed by atoms with Crippen molar-refractivity contribution in [1.29, 1.82) is 0 Å². The number of amides is 1. The van der Waals surface area contributed by atoms with Crippen LogP contribution in [-0.4, -0.2) is 27.8 Å². The molecule has 3 rings (SSSR count). The van der Waals surface area contributed by atoms with E-state index in [-0.39, 0.29) is 5.91 Å². The first-order valence-electron chi connectivity index (χ1n) is 8.02. The number of aromatic nitrogens is 3. The Hall–Kier alpha value is -2.15. The molecule has 1 saturated carbocycles. The molecular formula is C17H22N4O2S. The van der Waals surface area contributed by atoms with Gasteiger partial charge in [-0.05, 0) is 56.6 Å². The fourth-order valence-corrected chi connectivity index (χ4v) is 2.99. The zero-order valence-corrected chi connectivity index (χ0v) is 14.9. The molecule has 2 aromatic rings. The Kier molecular flexibility index (Phi) is 4.45. The Labute approximate surface area is 146 Å². The smallest absolute Gasteiger partial charge is 0.230 e. The number of methoxy groups -OCH3 is 1. The summed E-state index contributed by atoms with van der Waals surface area (Å²) in [4.78, 5) is 12.7. The second-order valence-electron chi connectivity index (χ2n) is 6.58. The van der Waals surface area contributed by atoms with Gasteiger partial charge in [0.15, 0.2) is 10.6 Å². The summed E-state index contributed by atoms with van der Waals surface area (Å²) in [5.74, 6) is 1.50. The van der Waals surface area contributed by atoms with Crippen molar-refractivity contribution in [3.63, 3.8) is 0 Å². The number of aromatic amines is 1. The maximum Gasteiger partial charge on any atom is 0.230 e. The predicted molar refractivity (Wildman–Crippen MR) is 93.5 cm³/mol. The van der Waals surface area contributed by atoms with Gasteiger partial charge in [-0.1, -0.05) is 12.1 Å². The van der Waals surface area contributed by atoms with E-state index in [0.717, 1.165) is 30.0 Å². The molecule has 0 atom stereocenters. The number of nitrogens with zero attached hydrogens (tertiary/aromatic N) is 2. The van der Waals surface area contributed by atoms with Gasteiger partial charge >= 0.3 is 0 Å². The molecule has 1 heterocycles. The lowest BCUT2D eigenvalue weighted by Crippen LogP contribution is -2.40. The first-order chi connectivity index (χ1) is 11.4. The number of nitrogens with one attached hydrogen (secondary N) is 2. The van der Waals surface area contributed by atoms with Gasteiger partial charge in [-0.25, -0.2) is 0 Å². The highest BCUT2D eigenvalue weighted by molar-refractivity contribution is 7.71. The van der Waals surface area contributed by atoms with Crippen molar-refractivity contribution >= 4 is 18.1 Å². The Balaban J connectivity index is 1.70. The van der Waals surface area contributed by atoms with Crippen molar-refractivity contribution in [3.8, 4) is 5.75 Å². The van der Waals surface area contributed by atoms with Gasteiger partial charge in [0.2, 0.25) is 5.91 Å². The normalized spacial score (nSPS) is 14.5. The third-order valence-corrected chi connectivity index (χ3v) is 4.76. The molecule has 0 saturated heterocycles. The summed E-state index contributed by atoms with van der Waals surface area (Å²) in [6.45, 7) is 4.17. The van der Waals surface area contributed by atoms with E-state index in [1.54, 1.807) is 7.11 Å². The van der Waals surface area contributed by atoms with E-state index in [9.17, 15) is 4.79 Å². The minimum atomic E-state index is -0.649. The van der Waals surface area contributed by atoms with Gasteiger partial charge in [-0.15, -0.1) is 0 Å². The molecule has 2 N–H and O–H groups in total. The fraction of sp³-hybridized carbons (Fsp3) is 0.471. The van der Waals surface area contributed by atoms with Crippen LogP contribution in [0.5, 0.6) is 5.75 Å². The van der Waals surface area contributed by atoms with Gasteiger partial charge in [-0.3, -0.25) is 14.5 Å². The van der Waals surface area contributed by atoms with Gasteiger partial charge in [0, 0.05) is 6.04 Å². The maximum atomic E-state index is 12.7. The van der Waals surface area contributed by atoms with E-state index in [4.69, 9.17) is 17.0 Å². The summed E-state index contributed by atoms with van der Waals surface area (Å²) in [7, 11) is 1.62. The molecule has 0 bridgehead atoms. The van der Waals surface area contributed by atoms with Gasteiger partial charge in [0.25, 0.3) is 0 Å². The molecule has 6 nitrogen and oxygen atoms in total. The summed E-state index contributed by atoms with van der Waals surface area (Å²) in [6, 6.07) is 7.99. The van der Waals surface area contributed by atoms with Gasteiger partial charge in [0.05, 0.1) is 19.1 Å². The van der Waals surface area contributed by atoms with Crippen LogP contribution in [0.3, 0.4) is 0 Å². The van der Waals surface area contributed by atoms with Crippen LogP contribution >= 0.6 is 12.2 Å². The van der Waals surface area contributed by atoms with Crippen LogP contribution in [0, 0.1) is 4.77 Å². The Morgan fingerprint density at radius 1 is 1.42 bits per heavy atom. The largest absolute Gasteiger partial charge is 0.497 e. The molecule has 0 aliphatic heterocycles. The molecular weight excluding hydrogens is 324 g/mol. The zero-order chi connectivity index (χ0) is 17.3. The molecule has 1 amide bonds. The van der Waals surface area contributed by atoms with Crippen LogP contribution in [0.25, 0.3) is 0 Å². The van der Waals surface area contributed by atoms with E-state index >= 15 is 0 Å². The molecule has 0 radical (unpaired) electrons. The van der Waals surface area contributed by atoms with Gasteiger partial charge in [-0.2, -0.15) is 5.10 Å². The second-order valence-corrected chi connectivity index (χ2v) is 6.97. The number of H-pyrrole nitrogens is 1. The predicted octanol–water partition coefficient (Wildman–Crippen LogP) is 2.88. The highest BCUT2D eigenvalue weighted by atomic mass is 32.1. The summed E-state index contributed by atoms with van der Waals surface area (Å²) in [6.07, 6.45) is 2.23. The average Bonchev–Trinajstić information content (AvgIpc) is 3.35. The lowest BCUT2D eigenvalue weighted by atomic mass is 9.83. The molecule has 128 valence electrons. The zero-order valence-electron chi connectivity index (χ0n) is 14.1. The Morgan fingerprint density at radius 3 is 2.67 bits per heavy atom. The van der Waals surface area contributed by atoms with Crippen LogP contribution in [0.4, 0.5) is 0 Å². The van der Waals surface area contributed by atoms with E-state index in [2.05, 4.69) is 15.5 Å². The van der Waals surface area contributed by atoms with Crippen molar-refractivity contribution in [2.75, 3.05) is 7.11 Å². The summed E-state index contributed by atoms with van der Waals surface area (Å²) in [5, 5.41) is 10.0. The summed E-state index contributed by atoms with van der Waals surface area (Å²) < 4.78 is 7.80. The molecule has 1 aliphatic carbocycles. The fourth-order valence-electron chi connectivity index (χ4n) is 2.69. The van der Waals surface area contributed by atoms with Gasteiger partial charge < -0.3 is 10.1 Å². The lowest BCUT2D eigenvalue weighted by Gasteiger charge is -2.24. The van der Waals surface area contributed by atoms with Crippen LogP contribution in [0.1, 0.15) is 44.1 Å². The molecule has 0 unspecified atom stereocenters. The minimum Gasteiger partial charge on any atom is -0.497 e. The Morgan fingerprint density at radius 2 is 2.08 bits per heavy atom. The maximum absolute atomic E-state index is 12.7. The number of benzene rings is 1. The highest BCUT2D eigenvalue weighted by Gasteiger charge is 2.31. The first kappa shape index (κ1) is 16.7. The van der Waals surface area contributed by atoms with Crippen LogP contribution in [0.15, 0.2) is 24.3 Å². The monoisotopic (exact) mass is 346 g/mol. The third kappa shape index (κ3) is 3.21. The molecule has 24 heavy (non-hydrogen) atoms. The number of carbonyl (C=O) groups is 1. The summed E-state index contributed by atoms with van der Waals surface area (Å²) in [5.41, 5.74) is 0.283. The molecule has 1 aromatic carbocycles. The Bertz CT molecular complexity index is 788. The van der Waals surface area contributed by atoms with Crippen molar-refractivity contribution in [1.82, 2.24) is 20.1 Å². The van der Waals surface area contributed by atoms with Crippen molar-refractivity contribution < 1.29 is 9.53 Å². The average molecular weight is 346 g/mol. The van der Waals surface area contributed by atoms with Crippen LogP contribution in [0.2, 0.25) is 0 Å². The number of hydrogen-bond donors (Lipinski definition) is 2. The first-order valence-corrected chi connectivity index (χ1v) is 8.43. The number of ether oxygens (including phenoxy) is 1. The third-order valence-electron chi connectivity index (χ3n) is 4.48. The molecule has 0 spiro atoms. The van der Waals surface area contributed by atoms with E-state index < -0.39 is 5.41 Å². The van der Waals surface area contributed by atoms with Gasteiger partial charge in [0.1, 0.15) is 5.75 Å². The van der Waals surface area contributed by atoms with Crippen molar-refractivity contribution in [3.05, 3.63) is 40.4 Å². The van der Waals surface area contributed by atoms with Crippen molar-refractivity contribution in [2.24, 2.45) is 0 Å². The van der Waals surface area contributed by atoms with E-state index in [1.165, 1.54) is 0 Å². The lowest BCUT2D eigenvalue weighted by molar-refractivity contribution is -0.125. The topological polar surface area (TPSA) is 71.9 Å². The molecule has 7 heteroatoms. The van der Waals surface area contributed by atoms with Crippen LogP contribution < -0.4 is 10.1 Å². The quantitative estimate of drug-likeness (QED) is 0.789. The second kappa shape index (κ2) is 6.39. The number of hydrogen-bond acceptors (Lipinski definition) is 4. The summed E-state index contributed by atoms with van der Waals surface area (Å²) >= 11 is 5.26. The number of carbonyl (C=O) groups excluding carboxylic acids is 1. The molecule has 1 aliphatic rings.